The Hall–Kier alpha value is -2.13. The van der Waals surface area contributed by atoms with Crippen molar-refractivity contribution in [1.29, 1.82) is 0 Å². The third-order valence-corrected chi connectivity index (χ3v) is 3.97. The highest BCUT2D eigenvalue weighted by Gasteiger charge is 2.37. The van der Waals surface area contributed by atoms with Crippen LogP contribution in [-0.4, -0.2) is 30.1 Å². The summed E-state index contributed by atoms with van der Waals surface area (Å²) in [5.74, 6) is -1.69. The molecule has 3 N–H and O–H groups in total. The molecule has 1 amide bonds. The molecule has 2 aromatic rings. The van der Waals surface area contributed by atoms with Gasteiger partial charge in [0.1, 0.15) is 5.52 Å². The van der Waals surface area contributed by atoms with Crippen LogP contribution in [0.2, 0.25) is 0 Å². The highest BCUT2D eigenvalue weighted by molar-refractivity contribution is 5.96. The van der Waals surface area contributed by atoms with Crippen molar-refractivity contribution in [3.8, 4) is 0 Å². The van der Waals surface area contributed by atoms with E-state index in [2.05, 4.69) is 14.7 Å². The van der Waals surface area contributed by atoms with E-state index < -0.39 is 18.1 Å². The lowest BCUT2D eigenvalue weighted by atomic mass is 9.92. The number of alkyl halides is 3. The number of ether oxygens (including phenoxy) is 1. The first kappa shape index (κ1) is 16.7. The molecule has 9 heteroatoms. The highest BCUT2D eigenvalue weighted by atomic mass is 19.4. The molecular formula is C15H16F3N3O3. The van der Waals surface area contributed by atoms with Gasteiger partial charge in [-0.25, -0.2) is 4.98 Å². The van der Waals surface area contributed by atoms with Gasteiger partial charge in [0.05, 0.1) is 6.04 Å². The molecule has 0 aliphatic carbocycles. The number of carbonyl (C=O) groups is 1. The van der Waals surface area contributed by atoms with Crippen molar-refractivity contribution in [2.75, 3.05) is 18.5 Å². The standard InChI is InChI=1S/C15H16F3N3O3/c16-15(17,18)14-21-10-7-9(1-2-11(10)24-14)20-13(22)12(19)8-3-5-23-6-4-8/h1-2,7-8,12H,3-6,19H2,(H,20,22). The molecule has 0 radical (unpaired) electrons. The monoisotopic (exact) mass is 343 g/mol. The average Bonchev–Trinajstić information content (AvgIpc) is 2.98. The summed E-state index contributed by atoms with van der Waals surface area (Å²) in [7, 11) is 0. The Labute approximate surface area is 135 Å². The van der Waals surface area contributed by atoms with E-state index in [-0.39, 0.29) is 22.9 Å². The van der Waals surface area contributed by atoms with E-state index in [0.29, 0.717) is 31.7 Å². The number of anilines is 1. The minimum Gasteiger partial charge on any atom is -0.433 e. The number of fused-ring (bicyclic) bond motifs is 1. The number of amides is 1. The maximum Gasteiger partial charge on any atom is 0.468 e. The maximum atomic E-state index is 12.6. The van der Waals surface area contributed by atoms with Gasteiger partial charge in [-0.3, -0.25) is 4.79 Å². The van der Waals surface area contributed by atoms with Gasteiger partial charge in [0.15, 0.2) is 5.58 Å². The SMILES string of the molecule is NC(C(=O)Nc1ccc2oc(C(F)(F)F)nc2c1)C1CCOCC1. The fourth-order valence-corrected chi connectivity index (χ4v) is 2.64. The van der Waals surface area contributed by atoms with Crippen LogP contribution in [0.5, 0.6) is 0 Å². The van der Waals surface area contributed by atoms with Crippen molar-refractivity contribution >= 4 is 22.7 Å². The van der Waals surface area contributed by atoms with Crippen molar-refractivity contribution in [1.82, 2.24) is 4.98 Å². The number of nitrogens with two attached hydrogens (primary N) is 1. The molecule has 3 rings (SSSR count). The second kappa shape index (κ2) is 6.40. The van der Waals surface area contributed by atoms with Gasteiger partial charge in [0.25, 0.3) is 0 Å². The minimum absolute atomic E-state index is 0.00551. The molecule has 2 heterocycles. The topological polar surface area (TPSA) is 90.4 Å². The molecule has 0 bridgehead atoms. The molecule has 1 aromatic heterocycles. The molecule has 1 aliphatic rings. The van der Waals surface area contributed by atoms with Crippen molar-refractivity contribution < 1.29 is 27.1 Å². The second-order valence-corrected chi connectivity index (χ2v) is 5.66. The number of carbonyl (C=O) groups excluding carboxylic acids is 1. The van der Waals surface area contributed by atoms with Crippen LogP contribution in [0, 0.1) is 5.92 Å². The number of oxazole rings is 1. The Kier molecular flexibility index (Phi) is 4.46. The number of nitrogens with one attached hydrogen (secondary N) is 1. The molecular weight excluding hydrogens is 327 g/mol. The predicted molar refractivity (Wildman–Crippen MR) is 79.2 cm³/mol. The van der Waals surface area contributed by atoms with Crippen LogP contribution in [0.15, 0.2) is 22.6 Å². The van der Waals surface area contributed by atoms with Crippen LogP contribution in [0.25, 0.3) is 11.1 Å². The van der Waals surface area contributed by atoms with Gasteiger partial charge in [0, 0.05) is 18.9 Å². The molecule has 130 valence electrons. The first-order chi connectivity index (χ1) is 11.3. The summed E-state index contributed by atoms with van der Waals surface area (Å²) in [6.45, 7) is 1.13. The Morgan fingerprint density at radius 2 is 2.04 bits per heavy atom. The molecule has 1 aliphatic heterocycles. The third-order valence-electron chi connectivity index (χ3n) is 3.97. The maximum absolute atomic E-state index is 12.6. The average molecular weight is 343 g/mol. The summed E-state index contributed by atoms with van der Waals surface area (Å²) < 4.78 is 47.7. The molecule has 0 spiro atoms. The van der Waals surface area contributed by atoms with Gasteiger partial charge < -0.3 is 20.2 Å². The molecule has 1 fully saturated rings. The number of aromatic nitrogens is 1. The Balaban J connectivity index is 1.73. The van der Waals surface area contributed by atoms with Crippen molar-refractivity contribution in [2.45, 2.75) is 25.1 Å². The second-order valence-electron chi connectivity index (χ2n) is 5.66. The van der Waals surface area contributed by atoms with Crippen molar-refractivity contribution in [2.24, 2.45) is 11.7 Å². The number of nitrogens with zero attached hydrogens (tertiary/aromatic N) is 1. The first-order valence-electron chi connectivity index (χ1n) is 7.46. The summed E-state index contributed by atoms with van der Waals surface area (Å²) in [5, 5.41) is 2.61. The van der Waals surface area contributed by atoms with E-state index in [4.69, 9.17) is 10.5 Å². The Morgan fingerprint density at radius 3 is 2.71 bits per heavy atom. The molecule has 1 aromatic carbocycles. The van der Waals surface area contributed by atoms with Gasteiger partial charge in [-0.1, -0.05) is 0 Å². The smallest absolute Gasteiger partial charge is 0.433 e. The number of halogens is 3. The lowest BCUT2D eigenvalue weighted by Gasteiger charge is -2.26. The van der Waals surface area contributed by atoms with Gasteiger partial charge in [-0.2, -0.15) is 13.2 Å². The highest BCUT2D eigenvalue weighted by Crippen LogP contribution is 2.32. The van der Waals surface area contributed by atoms with Gasteiger partial charge >= 0.3 is 12.1 Å². The zero-order chi connectivity index (χ0) is 17.3. The quantitative estimate of drug-likeness (QED) is 0.894. The van der Waals surface area contributed by atoms with Crippen LogP contribution >= 0.6 is 0 Å². The Morgan fingerprint density at radius 1 is 1.33 bits per heavy atom. The van der Waals surface area contributed by atoms with Crippen LogP contribution in [-0.2, 0) is 15.7 Å². The summed E-state index contributed by atoms with van der Waals surface area (Å²) in [6, 6.07) is 3.39. The van der Waals surface area contributed by atoms with Gasteiger partial charge in [-0.15, -0.1) is 0 Å². The number of rotatable bonds is 3. The van der Waals surface area contributed by atoms with Crippen LogP contribution in [0.3, 0.4) is 0 Å². The summed E-state index contributed by atoms with van der Waals surface area (Å²) in [4.78, 5) is 15.6. The Bertz CT molecular complexity index is 738. The molecule has 6 nitrogen and oxygen atoms in total. The fraction of sp³-hybridized carbons (Fsp3) is 0.467. The minimum atomic E-state index is -4.66. The van der Waals surface area contributed by atoms with Crippen LogP contribution in [0.1, 0.15) is 18.7 Å². The van der Waals surface area contributed by atoms with Crippen molar-refractivity contribution in [3.63, 3.8) is 0 Å². The van der Waals surface area contributed by atoms with E-state index in [1.807, 2.05) is 0 Å². The van der Waals surface area contributed by atoms with E-state index in [1.165, 1.54) is 18.2 Å². The summed E-state index contributed by atoms with van der Waals surface area (Å²) >= 11 is 0. The van der Waals surface area contributed by atoms with Crippen LogP contribution in [0.4, 0.5) is 18.9 Å². The van der Waals surface area contributed by atoms with Crippen molar-refractivity contribution in [3.05, 3.63) is 24.1 Å². The van der Waals surface area contributed by atoms with E-state index in [9.17, 15) is 18.0 Å². The molecule has 24 heavy (non-hydrogen) atoms. The number of hydrogen-bond donors (Lipinski definition) is 2. The lowest BCUT2D eigenvalue weighted by Crippen LogP contribution is -2.43. The van der Waals surface area contributed by atoms with E-state index in [0.717, 1.165) is 0 Å². The van der Waals surface area contributed by atoms with E-state index in [1.54, 1.807) is 0 Å². The van der Waals surface area contributed by atoms with Gasteiger partial charge in [-0.05, 0) is 37.0 Å². The molecule has 0 saturated carbocycles. The number of benzene rings is 1. The predicted octanol–water partition coefficient (Wildman–Crippen LogP) is 2.54. The molecule has 1 atom stereocenters. The molecule has 1 unspecified atom stereocenters. The number of hydrogen-bond acceptors (Lipinski definition) is 5. The summed E-state index contributed by atoms with van der Waals surface area (Å²) in [6.07, 6.45) is -3.26. The van der Waals surface area contributed by atoms with Gasteiger partial charge in [0.2, 0.25) is 5.91 Å². The third kappa shape index (κ3) is 3.51. The molecule has 1 saturated heterocycles. The zero-order valence-corrected chi connectivity index (χ0v) is 12.6. The van der Waals surface area contributed by atoms with Crippen LogP contribution < -0.4 is 11.1 Å². The largest absolute Gasteiger partial charge is 0.468 e. The summed E-state index contributed by atoms with van der Waals surface area (Å²) in [5.41, 5.74) is 6.29. The zero-order valence-electron chi connectivity index (χ0n) is 12.6. The lowest BCUT2D eigenvalue weighted by molar-refractivity contribution is -0.156. The normalized spacial score (nSPS) is 17.8. The first-order valence-corrected chi connectivity index (χ1v) is 7.46. The van der Waals surface area contributed by atoms with E-state index >= 15 is 0 Å². The fourth-order valence-electron chi connectivity index (χ4n) is 2.64.